The highest BCUT2D eigenvalue weighted by atomic mass is 32.1. The molecular formula is C25H38N2O3S. The maximum absolute atomic E-state index is 12.5. The van der Waals surface area contributed by atoms with E-state index in [2.05, 4.69) is 41.5 Å². The fraction of sp³-hybridized carbons (Fsp3) is 0.600. The van der Waals surface area contributed by atoms with E-state index in [1.54, 1.807) is 11.9 Å². The molecule has 2 aromatic rings. The van der Waals surface area contributed by atoms with E-state index in [-0.39, 0.29) is 23.0 Å². The lowest BCUT2D eigenvalue weighted by Crippen LogP contribution is -2.35. The molecule has 0 aliphatic heterocycles. The first-order chi connectivity index (χ1) is 13.9. The second-order valence-corrected chi connectivity index (χ2v) is 12.1. The Balaban J connectivity index is 2.45. The molecule has 0 saturated heterocycles. The zero-order valence-electron chi connectivity index (χ0n) is 20.9. The molecule has 1 atom stereocenters. The van der Waals surface area contributed by atoms with Crippen LogP contribution in [0.25, 0.3) is 11.3 Å². The highest BCUT2D eigenvalue weighted by molar-refractivity contribution is 7.10. The molecule has 1 aromatic heterocycles. The van der Waals surface area contributed by atoms with Gasteiger partial charge in [0.2, 0.25) is 0 Å². The third-order valence-corrected chi connectivity index (χ3v) is 6.18. The highest BCUT2D eigenvalue weighted by Gasteiger charge is 2.28. The largest absolute Gasteiger partial charge is 0.507 e. The average Bonchev–Trinajstić information content (AvgIpc) is 3.07. The van der Waals surface area contributed by atoms with E-state index in [0.29, 0.717) is 5.75 Å². The van der Waals surface area contributed by atoms with E-state index in [4.69, 9.17) is 9.72 Å². The van der Waals surface area contributed by atoms with Crippen LogP contribution in [0.4, 0.5) is 4.79 Å². The standard InChI is InChI=1S/C25H38N2O3S/c1-15(27(11)22(29)30-25(8,9)10)21-26-19(14-31-21)16-12-17(23(2,3)4)20(28)18(13-16)24(5,6)7/h12-15,28H,1-11H3. The SMILES string of the molecule is CC(c1nc(-c2cc(C(C)(C)C)c(O)c(C(C)(C)C)c2)cs1)N(C)C(=O)OC(C)(C)C. The molecule has 0 fully saturated rings. The summed E-state index contributed by atoms with van der Waals surface area (Å²) in [4.78, 5) is 18.9. The van der Waals surface area contributed by atoms with Gasteiger partial charge in [-0.3, -0.25) is 0 Å². The molecule has 0 bridgehead atoms. The Morgan fingerprint density at radius 2 is 1.52 bits per heavy atom. The van der Waals surface area contributed by atoms with Crippen molar-refractivity contribution in [3.05, 3.63) is 33.6 Å². The van der Waals surface area contributed by atoms with Gasteiger partial charge in [0, 0.05) is 29.1 Å². The summed E-state index contributed by atoms with van der Waals surface area (Å²) in [5, 5.41) is 13.8. The number of nitrogens with zero attached hydrogens (tertiary/aromatic N) is 2. The van der Waals surface area contributed by atoms with Crippen LogP contribution in [0.5, 0.6) is 5.75 Å². The number of carbonyl (C=O) groups is 1. The van der Waals surface area contributed by atoms with Crippen LogP contribution in [0, 0.1) is 0 Å². The van der Waals surface area contributed by atoms with E-state index >= 15 is 0 Å². The lowest BCUT2D eigenvalue weighted by molar-refractivity contribution is 0.0233. The van der Waals surface area contributed by atoms with Gasteiger partial charge < -0.3 is 14.7 Å². The number of carbonyl (C=O) groups excluding carboxylic acids is 1. The van der Waals surface area contributed by atoms with Crippen molar-refractivity contribution >= 4 is 17.4 Å². The molecule has 1 amide bonds. The number of phenols is 1. The van der Waals surface area contributed by atoms with Crippen LogP contribution >= 0.6 is 11.3 Å². The molecule has 2 rings (SSSR count). The van der Waals surface area contributed by atoms with Crippen LogP contribution in [0.3, 0.4) is 0 Å². The topological polar surface area (TPSA) is 62.7 Å². The zero-order valence-corrected chi connectivity index (χ0v) is 21.7. The number of ether oxygens (including phenoxy) is 1. The van der Waals surface area contributed by atoms with Crippen molar-refractivity contribution < 1.29 is 14.6 Å². The van der Waals surface area contributed by atoms with Crippen molar-refractivity contribution in [2.75, 3.05) is 7.05 Å². The second kappa shape index (κ2) is 8.45. The minimum atomic E-state index is -0.544. The molecule has 1 unspecified atom stereocenters. The smallest absolute Gasteiger partial charge is 0.410 e. The van der Waals surface area contributed by atoms with Gasteiger partial charge in [0.15, 0.2) is 0 Å². The fourth-order valence-corrected chi connectivity index (χ4v) is 4.12. The van der Waals surface area contributed by atoms with Crippen molar-refractivity contribution in [3.63, 3.8) is 0 Å². The van der Waals surface area contributed by atoms with Gasteiger partial charge in [0.1, 0.15) is 16.4 Å². The third-order valence-electron chi connectivity index (χ3n) is 5.16. The molecule has 0 aliphatic rings. The van der Waals surface area contributed by atoms with Crippen LogP contribution in [-0.4, -0.2) is 33.7 Å². The summed E-state index contributed by atoms with van der Waals surface area (Å²) in [6, 6.07) is 3.85. The lowest BCUT2D eigenvalue weighted by Gasteiger charge is -2.28. The van der Waals surface area contributed by atoms with Crippen LogP contribution in [0.2, 0.25) is 0 Å². The maximum Gasteiger partial charge on any atom is 0.410 e. The summed E-state index contributed by atoms with van der Waals surface area (Å²) >= 11 is 1.52. The minimum absolute atomic E-state index is 0.205. The lowest BCUT2D eigenvalue weighted by atomic mass is 9.78. The number of hydrogen-bond donors (Lipinski definition) is 1. The summed E-state index contributed by atoms with van der Waals surface area (Å²) < 4.78 is 5.49. The summed E-state index contributed by atoms with van der Waals surface area (Å²) in [5.41, 5.74) is 2.68. The van der Waals surface area contributed by atoms with Crippen molar-refractivity contribution in [2.45, 2.75) is 91.7 Å². The van der Waals surface area contributed by atoms with E-state index in [1.165, 1.54) is 11.3 Å². The van der Waals surface area contributed by atoms with E-state index < -0.39 is 5.60 Å². The fourth-order valence-electron chi connectivity index (χ4n) is 3.20. The summed E-state index contributed by atoms with van der Waals surface area (Å²) in [6.45, 7) is 20.1. The number of rotatable bonds is 3. The monoisotopic (exact) mass is 446 g/mol. The molecule has 0 aliphatic carbocycles. The van der Waals surface area contributed by atoms with Crippen molar-refractivity contribution in [1.82, 2.24) is 9.88 Å². The Kier molecular flexibility index (Phi) is 6.87. The molecule has 1 heterocycles. The Morgan fingerprint density at radius 3 is 1.94 bits per heavy atom. The normalized spacial score (nSPS) is 13.8. The number of thiazole rings is 1. The molecule has 0 spiro atoms. The Labute approximate surface area is 191 Å². The van der Waals surface area contributed by atoms with E-state index in [0.717, 1.165) is 27.4 Å². The summed E-state index contributed by atoms with van der Waals surface area (Å²) in [6.07, 6.45) is -0.369. The van der Waals surface area contributed by atoms with Crippen LogP contribution in [0.15, 0.2) is 17.5 Å². The van der Waals surface area contributed by atoms with Gasteiger partial charge in [0.05, 0.1) is 11.7 Å². The molecule has 1 aromatic carbocycles. The molecule has 6 heteroatoms. The number of aromatic nitrogens is 1. The third kappa shape index (κ3) is 6.00. The van der Waals surface area contributed by atoms with Gasteiger partial charge in [-0.15, -0.1) is 11.3 Å². The Bertz CT molecular complexity index is 908. The average molecular weight is 447 g/mol. The first-order valence-corrected chi connectivity index (χ1v) is 11.6. The molecule has 1 N–H and O–H groups in total. The molecule has 31 heavy (non-hydrogen) atoms. The number of aromatic hydroxyl groups is 1. The van der Waals surface area contributed by atoms with Gasteiger partial charge in [0.25, 0.3) is 0 Å². The zero-order chi connectivity index (χ0) is 23.9. The van der Waals surface area contributed by atoms with Crippen LogP contribution < -0.4 is 0 Å². The molecule has 172 valence electrons. The molecule has 0 saturated carbocycles. The molecule has 5 nitrogen and oxygen atoms in total. The van der Waals surface area contributed by atoms with Gasteiger partial charge in [-0.2, -0.15) is 0 Å². The predicted molar refractivity (Wildman–Crippen MR) is 129 cm³/mol. The van der Waals surface area contributed by atoms with Crippen molar-refractivity contribution in [1.29, 1.82) is 0 Å². The van der Waals surface area contributed by atoms with Gasteiger partial charge >= 0.3 is 6.09 Å². The first-order valence-electron chi connectivity index (χ1n) is 10.7. The van der Waals surface area contributed by atoms with Crippen LogP contribution in [-0.2, 0) is 15.6 Å². The molecular weight excluding hydrogens is 408 g/mol. The summed E-state index contributed by atoms with van der Waals surface area (Å²) in [7, 11) is 1.73. The number of hydrogen-bond acceptors (Lipinski definition) is 5. The Morgan fingerprint density at radius 1 is 1.03 bits per heavy atom. The van der Waals surface area contributed by atoms with E-state index in [1.807, 2.05) is 45.2 Å². The van der Waals surface area contributed by atoms with E-state index in [9.17, 15) is 9.90 Å². The van der Waals surface area contributed by atoms with Crippen molar-refractivity contribution in [3.8, 4) is 17.0 Å². The first kappa shape index (κ1) is 25.2. The number of benzene rings is 1. The minimum Gasteiger partial charge on any atom is -0.507 e. The maximum atomic E-state index is 12.5. The second-order valence-electron chi connectivity index (χ2n) is 11.3. The van der Waals surface area contributed by atoms with Gasteiger partial charge in [-0.1, -0.05) is 41.5 Å². The highest BCUT2D eigenvalue weighted by Crippen LogP contribution is 2.42. The number of phenolic OH excluding ortho intramolecular Hbond substituents is 1. The number of amides is 1. The van der Waals surface area contributed by atoms with Gasteiger partial charge in [-0.25, -0.2) is 9.78 Å². The summed E-state index contributed by atoms with van der Waals surface area (Å²) in [5.74, 6) is 0.359. The van der Waals surface area contributed by atoms with Crippen LogP contribution in [0.1, 0.15) is 91.4 Å². The van der Waals surface area contributed by atoms with Crippen molar-refractivity contribution in [2.24, 2.45) is 0 Å². The molecule has 0 radical (unpaired) electrons. The Hall–Kier alpha value is -2.08. The van der Waals surface area contributed by atoms with Gasteiger partial charge in [-0.05, 0) is 50.7 Å². The quantitative estimate of drug-likeness (QED) is 0.549. The predicted octanol–water partition coefficient (Wildman–Crippen LogP) is 7.04.